The Bertz CT molecular complexity index is 197. The summed E-state index contributed by atoms with van der Waals surface area (Å²) >= 11 is 0. The van der Waals surface area contributed by atoms with Gasteiger partial charge in [-0.25, -0.2) is 0 Å². The fraction of sp³-hybridized carbons (Fsp3) is 1.00. The van der Waals surface area contributed by atoms with Crippen molar-refractivity contribution < 1.29 is 24.6 Å². The molecule has 0 bridgehead atoms. The number of ether oxygens (including phenoxy) is 1. The van der Waals surface area contributed by atoms with Crippen LogP contribution >= 0.6 is 0 Å². The molecule has 1 rings (SSSR count). The minimum absolute atomic E-state index is 0.0838. The zero-order valence-electron chi connectivity index (χ0n) is 6.32. The fourth-order valence-corrected chi connectivity index (χ4v) is 0.933. The highest BCUT2D eigenvalue weighted by Gasteiger charge is 2.34. The third-order valence-electron chi connectivity index (χ3n) is 1.42. The maximum atomic E-state index is 9.89. The van der Waals surface area contributed by atoms with Crippen molar-refractivity contribution in [2.45, 2.75) is 12.2 Å². The van der Waals surface area contributed by atoms with Crippen LogP contribution in [0.3, 0.4) is 0 Å². The van der Waals surface area contributed by atoms with Gasteiger partial charge in [0.15, 0.2) is 12.2 Å². The van der Waals surface area contributed by atoms with Crippen molar-refractivity contribution in [3.63, 3.8) is 0 Å². The molecule has 1 aliphatic heterocycles. The molecule has 2 atom stereocenters. The highest BCUT2D eigenvalue weighted by atomic mass is 17.0. The van der Waals surface area contributed by atoms with E-state index in [1.54, 1.807) is 0 Å². The minimum Gasteiger partial charge on any atom is -0.377 e. The Kier molecular flexibility index (Phi) is 2.80. The topological polar surface area (TPSA) is 114 Å². The molecule has 0 spiro atoms. The monoisotopic (exact) mass is 194 g/mol. The summed E-state index contributed by atoms with van der Waals surface area (Å²) in [6, 6.07) is 0. The predicted octanol–water partition coefficient (Wildman–Crippen LogP) is -0.830. The molecule has 1 aliphatic rings. The molecule has 0 aromatic heterocycles. The quantitative estimate of drug-likeness (QED) is 0.423. The largest absolute Gasteiger partial charge is 0.377 e. The van der Waals surface area contributed by atoms with E-state index in [1.165, 1.54) is 0 Å². The number of hydrogen-bond donors (Lipinski definition) is 0. The van der Waals surface area contributed by atoms with Crippen LogP contribution in [-0.2, 0) is 14.4 Å². The van der Waals surface area contributed by atoms with E-state index in [-0.39, 0.29) is 13.2 Å². The van der Waals surface area contributed by atoms with Gasteiger partial charge in [-0.05, 0) is 0 Å². The average Bonchev–Trinajstić information content (AvgIpc) is 2.34. The first-order valence-electron chi connectivity index (χ1n) is 3.29. The van der Waals surface area contributed by atoms with Crippen LogP contribution in [0.2, 0.25) is 0 Å². The first kappa shape index (κ1) is 9.45. The summed E-state index contributed by atoms with van der Waals surface area (Å²) in [5, 5.41) is 17.7. The van der Waals surface area contributed by atoms with Crippen LogP contribution in [-0.4, -0.2) is 35.6 Å². The van der Waals surface area contributed by atoms with Gasteiger partial charge >= 0.3 is 0 Å². The zero-order chi connectivity index (χ0) is 9.84. The Morgan fingerprint density at radius 2 is 1.46 bits per heavy atom. The normalized spacial score (nSPS) is 26.8. The van der Waals surface area contributed by atoms with Gasteiger partial charge in [0, 0.05) is 0 Å². The van der Waals surface area contributed by atoms with Crippen LogP contribution in [0.4, 0.5) is 0 Å². The summed E-state index contributed by atoms with van der Waals surface area (Å²) in [5.41, 5.74) is 0. The van der Waals surface area contributed by atoms with E-state index in [9.17, 15) is 20.2 Å². The van der Waals surface area contributed by atoms with E-state index in [0.717, 1.165) is 0 Å². The van der Waals surface area contributed by atoms with Gasteiger partial charge in [0.1, 0.15) is 0 Å². The van der Waals surface area contributed by atoms with Crippen LogP contribution in [0.15, 0.2) is 0 Å². The molecule has 2 unspecified atom stereocenters. The molecule has 0 aliphatic carbocycles. The summed E-state index contributed by atoms with van der Waals surface area (Å²) in [6.45, 7) is -0.168. The lowest BCUT2D eigenvalue weighted by molar-refractivity contribution is -0.796. The average molecular weight is 194 g/mol. The van der Waals surface area contributed by atoms with Crippen LogP contribution < -0.4 is 0 Å². The Balaban J connectivity index is 2.43. The summed E-state index contributed by atoms with van der Waals surface area (Å²) in [5.74, 6) is 0. The van der Waals surface area contributed by atoms with Crippen LogP contribution in [0, 0.1) is 20.2 Å². The third-order valence-corrected chi connectivity index (χ3v) is 1.42. The van der Waals surface area contributed by atoms with Gasteiger partial charge in [-0.1, -0.05) is 0 Å². The van der Waals surface area contributed by atoms with Crippen molar-refractivity contribution in [2.24, 2.45) is 0 Å². The molecule has 13 heavy (non-hydrogen) atoms. The van der Waals surface area contributed by atoms with E-state index in [4.69, 9.17) is 4.74 Å². The maximum absolute atomic E-state index is 9.89. The molecule has 0 radical (unpaired) electrons. The maximum Gasteiger partial charge on any atom is 0.294 e. The van der Waals surface area contributed by atoms with E-state index in [1.807, 2.05) is 0 Å². The number of hydrogen-bond acceptors (Lipinski definition) is 7. The molecule has 9 heteroatoms. The fourth-order valence-electron chi connectivity index (χ4n) is 0.933. The van der Waals surface area contributed by atoms with Gasteiger partial charge in [-0.3, -0.25) is 0 Å². The summed E-state index contributed by atoms with van der Waals surface area (Å²) in [6.07, 6.45) is -2.05. The number of rotatable bonds is 4. The molecular weight excluding hydrogens is 188 g/mol. The summed E-state index contributed by atoms with van der Waals surface area (Å²) in [7, 11) is 0. The molecule has 0 amide bonds. The first-order chi connectivity index (χ1) is 6.09. The van der Waals surface area contributed by atoms with Crippen LogP contribution in [0.5, 0.6) is 0 Å². The molecule has 0 aromatic carbocycles. The Hall–Kier alpha value is -1.64. The zero-order valence-corrected chi connectivity index (χ0v) is 6.32. The van der Waals surface area contributed by atoms with Gasteiger partial charge in [0.25, 0.3) is 10.2 Å². The Morgan fingerprint density at radius 1 is 1.08 bits per heavy atom. The molecule has 1 fully saturated rings. The van der Waals surface area contributed by atoms with Gasteiger partial charge < -0.3 is 14.4 Å². The Morgan fingerprint density at radius 3 is 1.77 bits per heavy atom. The van der Waals surface area contributed by atoms with Gasteiger partial charge in [-0.15, -0.1) is 20.2 Å². The molecule has 0 saturated carbocycles. The number of nitrogens with zero attached hydrogens (tertiary/aromatic N) is 2. The Labute approximate surface area is 71.4 Å². The van der Waals surface area contributed by atoms with Gasteiger partial charge in [0.2, 0.25) is 0 Å². The molecule has 0 N–H and O–H groups in total. The first-order valence-corrected chi connectivity index (χ1v) is 3.29. The summed E-state index contributed by atoms with van der Waals surface area (Å²) < 4.78 is 4.71. The molecular formula is C4H6N2O7. The van der Waals surface area contributed by atoms with Gasteiger partial charge in [0.05, 0.1) is 13.2 Å². The second-order valence-corrected chi connectivity index (χ2v) is 2.27. The van der Waals surface area contributed by atoms with Crippen molar-refractivity contribution in [3.8, 4) is 0 Å². The predicted molar refractivity (Wildman–Crippen MR) is 34.6 cm³/mol. The molecule has 74 valence electrons. The molecule has 9 nitrogen and oxygen atoms in total. The van der Waals surface area contributed by atoms with Crippen LogP contribution in [0.1, 0.15) is 0 Å². The summed E-state index contributed by atoms with van der Waals surface area (Å²) in [4.78, 5) is 28.0. The lowest BCUT2D eigenvalue weighted by Gasteiger charge is -2.12. The second kappa shape index (κ2) is 3.85. The van der Waals surface area contributed by atoms with Crippen molar-refractivity contribution in [2.75, 3.05) is 13.2 Å². The van der Waals surface area contributed by atoms with Crippen LogP contribution in [0.25, 0.3) is 0 Å². The molecule has 1 heterocycles. The highest BCUT2D eigenvalue weighted by Crippen LogP contribution is 2.13. The van der Waals surface area contributed by atoms with Crippen molar-refractivity contribution >= 4 is 0 Å². The SMILES string of the molecule is O=[N+]([O-])OC1COCC1O[N+](=O)[O-]. The van der Waals surface area contributed by atoms with Crippen molar-refractivity contribution in [1.82, 2.24) is 0 Å². The highest BCUT2D eigenvalue weighted by molar-refractivity contribution is 4.73. The standard InChI is InChI=1S/C4H6N2O7/c7-5(8)12-3-1-11-2-4(3)13-6(9)10/h3-4H,1-2H2. The van der Waals surface area contributed by atoms with Crippen molar-refractivity contribution in [3.05, 3.63) is 20.2 Å². The lowest BCUT2D eigenvalue weighted by Crippen LogP contribution is -2.33. The van der Waals surface area contributed by atoms with E-state index in [0.29, 0.717) is 0 Å². The molecule has 1 saturated heterocycles. The van der Waals surface area contributed by atoms with E-state index >= 15 is 0 Å². The van der Waals surface area contributed by atoms with E-state index < -0.39 is 22.4 Å². The molecule has 0 aromatic rings. The smallest absolute Gasteiger partial charge is 0.294 e. The lowest BCUT2D eigenvalue weighted by atomic mass is 10.3. The van der Waals surface area contributed by atoms with E-state index in [2.05, 4.69) is 9.68 Å². The third kappa shape index (κ3) is 2.71. The second-order valence-electron chi connectivity index (χ2n) is 2.27. The van der Waals surface area contributed by atoms with Crippen molar-refractivity contribution in [1.29, 1.82) is 0 Å². The minimum atomic E-state index is -1.03. The van der Waals surface area contributed by atoms with Gasteiger partial charge in [-0.2, -0.15) is 0 Å².